The van der Waals surface area contributed by atoms with E-state index < -0.39 is 5.97 Å². The monoisotopic (exact) mass is 178 g/mol. The predicted molar refractivity (Wildman–Crippen MR) is 51.8 cm³/mol. The highest BCUT2D eigenvalue weighted by Gasteiger charge is 2.07. The Morgan fingerprint density at radius 1 is 1.23 bits per heavy atom. The Balaban J connectivity index is 0.000000184. The van der Waals surface area contributed by atoms with Gasteiger partial charge >= 0.3 is 0 Å². The molecule has 0 saturated heterocycles. The third-order valence-corrected chi connectivity index (χ3v) is 2.01. The maximum absolute atomic E-state index is 9.00. The van der Waals surface area contributed by atoms with Crippen LogP contribution in [0, 0.1) is 0 Å². The van der Waals surface area contributed by atoms with Crippen LogP contribution in [-0.4, -0.2) is 11.1 Å². The van der Waals surface area contributed by atoms with Crippen molar-refractivity contribution < 1.29 is 9.90 Å². The van der Waals surface area contributed by atoms with Gasteiger partial charge in [0.25, 0.3) is 5.97 Å². The van der Waals surface area contributed by atoms with E-state index in [2.05, 4.69) is 24.3 Å². The summed E-state index contributed by atoms with van der Waals surface area (Å²) in [6, 6.07) is 8.74. The molecule has 1 aromatic carbocycles. The van der Waals surface area contributed by atoms with Gasteiger partial charge in [-0.15, -0.1) is 0 Å². The molecule has 13 heavy (non-hydrogen) atoms. The number of benzene rings is 1. The Bertz CT molecular complexity index is 265. The van der Waals surface area contributed by atoms with Crippen LogP contribution in [0.1, 0.15) is 24.5 Å². The number of carboxylic acid groups (broad SMARTS) is 1. The van der Waals surface area contributed by atoms with E-state index in [1.54, 1.807) is 11.1 Å². The fourth-order valence-electron chi connectivity index (χ4n) is 1.51. The predicted octanol–water partition coefficient (Wildman–Crippen LogP) is 2.27. The highest BCUT2D eigenvalue weighted by atomic mass is 16.4. The first-order valence-corrected chi connectivity index (χ1v) is 4.46. The van der Waals surface area contributed by atoms with Gasteiger partial charge in [0.2, 0.25) is 0 Å². The third-order valence-electron chi connectivity index (χ3n) is 2.01. The van der Waals surface area contributed by atoms with Crippen LogP contribution in [-0.2, 0) is 17.6 Å². The van der Waals surface area contributed by atoms with E-state index in [4.69, 9.17) is 9.90 Å². The molecule has 1 N–H and O–H groups in total. The molecule has 2 nitrogen and oxygen atoms in total. The quantitative estimate of drug-likeness (QED) is 0.661. The molecule has 0 unspecified atom stereocenters. The Morgan fingerprint density at radius 3 is 2.00 bits per heavy atom. The number of fused-ring (bicyclic) bond motifs is 1. The summed E-state index contributed by atoms with van der Waals surface area (Å²) < 4.78 is 0. The largest absolute Gasteiger partial charge is 0.481 e. The zero-order valence-corrected chi connectivity index (χ0v) is 7.79. The van der Waals surface area contributed by atoms with Crippen molar-refractivity contribution in [2.24, 2.45) is 0 Å². The van der Waals surface area contributed by atoms with Crippen molar-refractivity contribution >= 4 is 5.97 Å². The van der Waals surface area contributed by atoms with Crippen LogP contribution < -0.4 is 0 Å². The van der Waals surface area contributed by atoms with Crippen LogP contribution >= 0.6 is 0 Å². The Kier molecular flexibility index (Phi) is 3.50. The van der Waals surface area contributed by atoms with E-state index in [1.807, 2.05) is 0 Å². The van der Waals surface area contributed by atoms with Gasteiger partial charge in [-0.25, -0.2) is 0 Å². The zero-order chi connectivity index (χ0) is 9.68. The van der Waals surface area contributed by atoms with Crippen molar-refractivity contribution in [2.45, 2.75) is 26.2 Å². The van der Waals surface area contributed by atoms with Gasteiger partial charge in [0.15, 0.2) is 0 Å². The highest BCUT2D eigenvalue weighted by molar-refractivity contribution is 5.62. The lowest BCUT2D eigenvalue weighted by Crippen LogP contribution is -1.78. The first-order chi connectivity index (χ1) is 6.20. The first kappa shape index (κ1) is 9.78. The lowest BCUT2D eigenvalue weighted by molar-refractivity contribution is -0.134. The third kappa shape index (κ3) is 3.28. The second-order valence-electron chi connectivity index (χ2n) is 3.14. The van der Waals surface area contributed by atoms with Crippen LogP contribution in [0.2, 0.25) is 0 Å². The highest BCUT2D eigenvalue weighted by Crippen LogP contribution is 2.20. The summed E-state index contributed by atoms with van der Waals surface area (Å²) in [6.07, 6.45) is 3.96. The molecule has 0 heterocycles. The summed E-state index contributed by atoms with van der Waals surface area (Å²) in [5.41, 5.74) is 3.13. The average Bonchev–Trinajstić information content (AvgIpc) is 2.49. The smallest absolute Gasteiger partial charge is 0.300 e. The first-order valence-electron chi connectivity index (χ1n) is 4.46. The van der Waals surface area contributed by atoms with Crippen molar-refractivity contribution in [3.63, 3.8) is 0 Å². The molecule has 1 aliphatic rings. The summed E-state index contributed by atoms with van der Waals surface area (Å²) >= 11 is 0. The minimum Gasteiger partial charge on any atom is -0.481 e. The van der Waals surface area contributed by atoms with Crippen LogP contribution in [0.4, 0.5) is 0 Å². The molecular formula is C11H14O2. The van der Waals surface area contributed by atoms with E-state index in [-0.39, 0.29) is 0 Å². The van der Waals surface area contributed by atoms with Gasteiger partial charge in [-0.3, -0.25) is 4.79 Å². The van der Waals surface area contributed by atoms with Gasteiger partial charge in [-0.2, -0.15) is 0 Å². The molecule has 0 spiro atoms. The molecule has 0 radical (unpaired) electrons. The van der Waals surface area contributed by atoms with Crippen LogP contribution in [0.25, 0.3) is 0 Å². The lowest BCUT2D eigenvalue weighted by Gasteiger charge is -1.93. The molecule has 2 heteroatoms. The van der Waals surface area contributed by atoms with Gasteiger partial charge in [0.05, 0.1) is 0 Å². The second-order valence-corrected chi connectivity index (χ2v) is 3.14. The van der Waals surface area contributed by atoms with E-state index in [1.165, 1.54) is 19.3 Å². The standard InChI is InChI=1S/C9H10.C2H4O2/c1-2-5-9-7-3-6-8(9)4-1;1-2(3)4/h1-2,4-5H,3,6-7H2;1H3,(H,3,4). The molecule has 0 saturated carbocycles. The minimum atomic E-state index is -0.833. The number of aliphatic carboxylic acids is 1. The molecule has 0 aromatic heterocycles. The van der Waals surface area contributed by atoms with Crippen molar-refractivity contribution in [2.75, 3.05) is 0 Å². The molecule has 0 atom stereocenters. The lowest BCUT2D eigenvalue weighted by atomic mass is 10.1. The second kappa shape index (κ2) is 4.65. The topological polar surface area (TPSA) is 37.3 Å². The van der Waals surface area contributed by atoms with Gasteiger partial charge in [-0.1, -0.05) is 24.3 Å². The number of rotatable bonds is 0. The van der Waals surface area contributed by atoms with Crippen LogP contribution in [0.5, 0.6) is 0 Å². The fraction of sp³-hybridized carbons (Fsp3) is 0.364. The summed E-state index contributed by atoms with van der Waals surface area (Å²) in [6.45, 7) is 1.08. The summed E-state index contributed by atoms with van der Waals surface area (Å²) in [5.74, 6) is -0.833. The summed E-state index contributed by atoms with van der Waals surface area (Å²) in [4.78, 5) is 9.00. The van der Waals surface area contributed by atoms with Crippen LogP contribution in [0.3, 0.4) is 0 Å². The summed E-state index contributed by atoms with van der Waals surface area (Å²) in [7, 11) is 0. The molecule has 70 valence electrons. The van der Waals surface area contributed by atoms with Gasteiger partial charge in [-0.05, 0) is 30.4 Å². The Labute approximate surface area is 78.2 Å². The average molecular weight is 178 g/mol. The summed E-state index contributed by atoms with van der Waals surface area (Å²) in [5, 5.41) is 7.42. The molecule has 0 fully saturated rings. The molecule has 1 aliphatic carbocycles. The van der Waals surface area contributed by atoms with E-state index in [9.17, 15) is 0 Å². The van der Waals surface area contributed by atoms with Crippen molar-refractivity contribution in [3.8, 4) is 0 Å². The van der Waals surface area contributed by atoms with Crippen molar-refractivity contribution in [1.82, 2.24) is 0 Å². The van der Waals surface area contributed by atoms with Crippen molar-refractivity contribution in [1.29, 1.82) is 0 Å². The molecular weight excluding hydrogens is 164 g/mol. The van der Waals surface area contributed by atoms with E-state index >= 15 is 0 Å². The number of hydrogen-bond donors (Lipinski definition) is 1. The van der Waals surface area contributed by atoms with Gasteiger partial charge in [0.1, 0.15) is 0 Å². The van der Waals surface area contributed by atoms with Gasteiger partial charge in [0, 0.05) is 6.92 Å². The maximum Gasteiger partial charge on any atom is 0.300 e. The maximum atomic E-state index is 9.00. The van der Waals surface area contributed by atoms with Crippen LogP contribution in [0.15, 0.2) is 24.3 Å². The normalized spacial score (nSPS) is 12.7. The van der Waals surface area contributed by atoms with E-state index in [0.717, 1.165) is 6.92 Å². The molecule has 0 amide bonds. The Hall–Kier alpha value is -1.31. The minimum absolute atomic E-state index is 0.833. The van der Waals surface area contributed by atoms with Crippen molar-refractivity contribution in [3.05, 3.63) is 35.4 Å². The number of aryl methyl sites for hydroxylation is 2. The van der Waals surface area contributed by atoms with Gasteiger partial charge < -0.3 is 5.11 Å². The molecule has 0 aliphatic heterocycles. The zero-order valence-electron chi connectivity index (χ0n) is 7.79. The number of carboxylic acids is 1. The molecule has 1 aromatic rings. The van der Waals surface area contributed by atoms with E-state index in [0.29, 0.717) is 0 Å². The Morgan fingerprint density at radius 2 is 1.62 bits per heavy atom. The molecule has 2 rings (SSSR count). The fourth-order valence-corrected chi connectivity index (χ4v) is 1.51. The SMILES string of the molecule is CC(=O)O.c1ccc2c(c1)CCC2. The molecule has 0 bridgehead atoms. The number of carbonyl (C=O) groups is 1. The number of hydrogen-bond acceptors (Lipinski definition) is 1.